The summed E-state index contributed by atoms with van der Waals surface area (Å²) in [6.07, 6.45) is 1.03. The number of ether oxygens (including phenoxy) is 1. The zero-order valence-electron chi connectivity index (χ0n) is 11.2. The second-order valence-corrected chi connectivity index (χ2v) is 5.41. The van der Waals surface area contributed by atoms with E-state index in [-0.39, 0.29) is 17.2 Å². The molecule has 2 aromatic rings. The number of rotatable bonds is 5. The van der Waals surface area contributed by atoms with Crippen molar-refractivity contribution in [2.75, 3.05) is 5.75 Å². The molecule has 0 saturated heterocycles. The number of pyridine rings is 1. The highest BCUT2D eigenvalue weighted by atomic mass is 32.2. The van der Waals surface area contributed by atoms with Gasteiger partial charge in [-0.15, -0.1) is 11.8 Å². The molecule has 0 unspecified atom stereocenters. The number of nitrogens with zero attached hydrogens (tertiary/aromatic N) is 1. The lowest BCUT2D eigenvalue weighted by Crippen LogP contribution is -2.00. The van der Waals surface area contributed by atoms with Crippen molar-refractivity contribution in [1.82, 2.24) is 4.98 Å². The Balaban J connectivity index is 2.30. The average molecular weight is 291 g/mol. The fourth-order valence-corrected chi connectivity index (χ4v) is 2.37. The van der Waals surface area contributed by atoms with Gasteiger partial charge in [-0.25, -0.2) is 9.37 Å². The standard InChI is InChI=1S/C15H14FNO2S/c1-3-20-13-6-4-5-12(8-13)19-15-14(10(2)18)7-11(16)9-17-15/h4-9H,3H2,1-2H3. The monoisotopic (exact) mass is 291 g/mol. The number of carbonyl (C=O) groups excluding carboxylic acids is 1. The molecule has 0 N–H and O–H groups in total. The van der Waals surface area contributed by atoms with Gasteiger partial charge >= 0.3 is 0 Å². The van der Waals surface area contributed by atoms with E-state index in [1.807, 2.05) is 18.2 Å². The highest BCUT2D eigenvalue weighted by Crippen LogP contribution is 2.27. The summed E-state index contributed by atoms with van der Waals surface area (Å²) >= 11 is 1.69. The van der Waals surface area contributed by atoms with Gasteiger partial charge in [0.15, 0.2) is 5.78 Å². The van der Waals surface area contributed by atoms with Crippen molar-refractivity contribution in [3.8, 4) is 11.6 Å². The van der Waals surface area contributed by atoms with Crippen molar-refractivity contribution < 1.29 is 13.9 Å². The predicted octanol–water partition coefficient (Wildman–Crippen LogP) is 4.33. The highest BCUT2D eigenvalue weighted by Gasteiger charge is 2.12. The first-order chi connectivity index (χ1) is 9.60. The smallest absolute Gasteiger partial charge is 0.230 e. The van der Waals surface area contributed by atoms with E-state index in [1.165, 1.54) is 6.92 Å². The Kier molecular flexibility index (Phi) is 4.74. The lowest BCUT2D eigenvalue weighted by atomic mass is 10.2. The largest absolute Gasteiger partial charge is 0.438 e. The summed E-state index contributed by atoms with van der Waals surface area (Å²) < 4.78 is 18.7. The van der Waals surface area contributed by atoms with Crippen LogP contribution in [0.4, 0.5) is 4.39 Å². The number of Topliss-reactive ketones (excluding diaryl/α,β-unsaturated/α-hetero) is 1. The van der Waals surface area contributed by atoms with Crippen LogP contribution in [-0.2, 0) is 0 Å². The zero-order valence-corrected chi connectivity index (χ0v) is 12.0. The van der Waals surface area contributed by atoms with E-state index in [4.69, 9.17) is 4.74 Å². The van der Waals surface area contributed by atoms with Crippen molar-refractivity contribution in [3.05, 3.63) is 47.9 Å². The predicted molar refractivity (Wildman–Crippen MR) is 77.1 cm³/mol. The maximum Gasteiger partial charge on any atom is 0.230 e. The number of ketones is 1. The molecule has 1 heterocycles. The molecule has 0 spiro atoms. The summed E-state index contributed by atoms with van der Waals surface area (Å²) in [4.78, 5) is 16.4. The Hall–Kier alpha value is -1.88. The molecule has 2 rings (SSSR count). The van der Waals surface area contributed by atoms with Crippen LogP contribution >= 0.6 is 11.8 Å². The van der Waals surface area contributed by atoms with Gasteiger partial charge < -0.3 is 4.74 Å². The molecule has 0 radical (unpaired) electrons. The number of hydrogen-bond donors (Lipinski definition) is 0. The second-order valence-electron chi connectivity index (χ2n) is 4.07. The van der Waals surface area contributed by atoms with Crippen LogP contribution in [-0.4, -0.2) is 16.5 Å². The van der Waals surface area contributed by atoms with Gasteiger partial charge in [-0.05, 0) is 36.9 Å². The minimum Gasteiger partial charge on any atom is -0.438 e. The fraction of sp³-hybridized carbons (Fsp3) is 0.200. The van der Waals surface area contributed by atoms with E-state index in [0.29, 0.717) is 5.75 Å². The number of thioether (sulfide) groups is 1. The minimum atomic E-state index is -0.558. The fourth-order valence-electron chi connectivity index (χ4n) is 1.67. The lowest BCUT2D eigenvalue weighted by molar-refractivity contribution is 0.101. The van der Waals surface area contributed by atoms with E-state index in [1.54, 1.807) is 17.8 Å². The molecule has 1 aromatic carbocycles. The van der Waals surface area contributed by atoms with Crippen molar-refractivity contribution in [2.24, 2.45) is 0 Å². The van der Waals surface area contributed by atoms with Crippen LogP contribution in [0.3, 0.4) is 0 Å². The van der Waals surface area contributed by atoms with Crippen LogP contribution in [0.5, 0.6) is 11.6 Å². The number of hydrogen-bond acceptors (Lipinski definition) is 4. The van der Waals surface area contributed by atoms with E-state index in [2.05, 4.69) is 11.9 Å². The molecule has 3 nitrogen and oxygen atoms in total. The number of aromatic nitrogens is 1. The molecule has 0 bridgehead atoms. The summed E-state index contributed by atoms with van der Waals surface area (Å²) in [5, 5.41) is 0. The van der Waals surface area contributed by atoms with Crippen molar-refractivity contribution in [2.45, 2.75) is 18.7 Å². The third kappa shape index (κ3) is 3.57. The van der Waals surface area contributed by atoms with Crippen molar-refractivity contribution in [3.63, 3.8) is 0 Å². The maximum absolute atomic E-state index is 13.1. The third-order valence-corrected chi connectivity index (χ3v) is 3.40. The van der Waals surface area contributed by atoms with Gasteiger partial charge in [-0.1, -0.05) is 13.0 Å². The first-order valence-corrected chi connectivity index (χ1v) is 7.16. The summed E-state index contributed by atoms with van der Waals surface area (Å²) in [6, 6.07) is 8.61. The Bertz CT molecular complexity index is 631. The molecule has 5 heteroatoms. The van der Waals surface area contributed by atoms with Gasteiger partial charge in [-0.3, -0.25) is 4.79 Å². The van der Waals surface area contributed by atoms with Gasteiger partial charge in [0, 0.05) is 4.90 Å². The molecule has 0 aliphatic carbocycles. The van der Waals surface area contributed by atoms with Crippen molar-refractivity contribution >= 4 is 17.5 Å². The topological polar surface area (TPSA) is 39.2 Å². The van der Waals surface area contributed by atoms with Gasteiger partial charge in [0.25, 0.3) is 0 Å². The minimum absolute atomic E-state index is 0.123. The van der Waals surface area contributed by atoms with Gasteiger partial charge in [0.2, 0.25) is 5.88 Å². The highest BCUT2D eigenvalue weighted by molar-refractivity contribution is 7.99. The summed E-state index contributed by atoms with van der Waals surface area (Å²) in [7, 11) is 0. The Morgan fingerprint density at radius 1 is 1.40 bits per heavy atom. The van der Waals surface area contributed by atoms with E-state index < -0.39 is 5.82 Å². The van der Waals surface area contributed by atoms with E-state index in [0.717, 1.165) is 22.9 Å². The molecular formula is C15H14FNO2S. The maximum atomic E-state index is 13.1. The number of benzene rings is 1. The third-order valence-electron chi connectivity index (χ3n) is 2.53. The quantitative estimate of drug-likeness (QED) is 0.607. The Labute approximate surface area is 121 Å². The molecule has 0 fully saturated rings. The summed E-state index contributed by atoms with van der Waals surface area (Å²) in [5.74, 6) is 0.809. The van der Waals surface area contributed by atoms with E-state index >= 15 is 0 Å². The first kappa shape index (κ1) is 14.5. The van der Waals surface area contributed by atoms with Crippen LogP contribution in [0.25, 0.3) is 0 Å². The number of carbonyl (C=O) groups is 1. The SMILES string of the molecule is CCSc1cccc(Oc2ncc(F)cc2C(C)=O)c1. The number of halogens is 1. The van der Waals surface area contributed by atoms with Crippen LogP contribution in [0.2, 0.25) is 0 Å². The van der Waals surface area contributed by atoms with Gasteiger partial charge in [0.05, 0.1) is 11.8 Å². The zero-order chi connectivity index (χ0) is 14.5. The van der Waals surface area contributed by atoms with Crippen LogP contribution in [0, 0.1) is 5.82 Å². The first-order valence-electron chi connectivity index (χ1n) is 6.17. The normalized spacial score (nSPS) is 10.3. The average Bonchev–Trinajstić information content (AvgIpc) is 2.41. The van der Waals surface area contributed by atoms with Crippen LogP contribution in [0.15, 0.2) is 41.4 Å². The van der Waals surface area contributed by atoms with Crippen LogP contribution in [0.1, 0.15) is 24.2 Å². The molecule has 20 heavy (non-hydrogen) atoms. The molecule has 104 valence electrons. The molecule has 0 atom stereocenters. The molecular weight excluding hydrogens is 277 g/mol. The molecule has 0 aliphatic heterocycles. The molecule has 0 aliphatic rings. The van der Waals surface area contributed by atoms with E-state index in [9.17, 15) is 9.18 Å². The molecule has 0 saturated carbocycles. The van der Waals surface area contributed by atoms with Gasteiger partial charge in [-0.2, -0.15) is 0 Å². The molecule has 0 amide bonds. The Morgan fingerprint density at radius 3 is 2.90 bits per heavy atom. The van der Waals surface area contributed by atoms with Gasteiger partial charge in [0.1, 0.15) is 11.6 Å². The summed E-state index contributed by atoms with van der Waals surface area (Å²) in [5.41, 5.74) is 0.138. The van der Waals surface area contributed by atoms with Crippen molar-refractivity contribution in [1.29, 1.82) is 0 Å². The lowest BCUT2D eigenvalue weighted by Gasteiger charge is -2.09. The molecule has 1 aromatic heterocycles. The van der Waals surface area contributed by atoms with Crippen LogP contribution < -0.4 is 4.74 Å². The second kappa shape index (κ2) is 6.52. The Morgan fingerprint density at radius 2 is 2.20 bits per heavy atom. The summed E-state index contributed by atoms with van der Waals surface area (Å²) in [6.45, 7) is 3.42.